The van der Waals surface area contributed by atoms with Crippen molar-refractivity contribution in [2.45, 2.75) is 0 Å². The van der Waals surface area contributed by atoms with Gasteiger partial charge in [-0.3, -0.25) is 9.59 Å². The highest BCUT2D eigenvalue weighted by molar-refractivity contribution is 6.30. The van der Waals surface area contributed by atoms with Gasteiger partial charge < -0.3 is 20.5 Å². The topological polar surface area (TPSA) is 77.2 Å². The van der Waals surface area contributed by atoms with Crippen LogP contribution in [0.2, 0.25) is 5.02 Å². The first kappa shape index (κ1) is 18.9. The van der Waals surface area contributed by atoms with Crippen molar-refractivity contribution in [3.8, 4) is 0 Å². The number of aromatic amines is 1. The van der Waals surface area contributed by atoms with Crippen LogP contribution in [0.4, 0.5) is 5.82 Å². The molecule has 0 aliphatic carbocycles. The van der Waals surface area contributed by atoms with E-state index in [0.29, 0.717) is 28.5 Å². The van der Waals surface area contributed by atoms with Crippen molar-refractivity contribution in [3.05, 3.63) is 64.7 Å². The number of aromatic nitrogens is 1. The molecule has 0 radical (unpaired) electrons. The number of likely N-dealkylation sites (N-methyl/N-ethyl adjacent to an activating group) is 1. The van der Waals surface area contributed by atoms with Crippen LogP contribution in [0.5, 0.6) is 0 Å². The number of hydrogen-bond acceptors (Lipinski definition) is 3. The fourth-order valence-electron chi connectivity index (χ4n) is 2.74. The SMILES string of the molecule is CN(C)CCNC(=O)c1c(NC(=O)c2ccc(Cl)cc2)[nH]c2ccccc12. The highest BCUT2D eigenvalue weighted by Crippen LogP contribution is 2.26. The van der Waals surface area contributed by atoms with E-state index in [4.69, 9.17) is 11.6 Å². The molecule has 0 fully saturated rings. The van der Waals surface area contributed by atoms with Crippen LogP contribution in [0.1, 0.15) is 20.7 Å². The number of fused-ring (bicyclic) bond motifs is 1. The molecule has 2 amide bonds. The number of halogens is 1. The number of hydrogen-bond donors (Lipinski definition) is 3. The maximum atomic E-state index is 12.8. The lowest BCUT2D eigenvalue weighted by molar-refractivity contribution is 0.0953. The van der Waals surface area contributed by atoms with Crippen LogP contribution in [0.15, 0.2) is 48.5 Å². The number of H-pyrrole nitrogens is 1. The van der Waals surface area contributed by atoms with E-state index in [2.05, 4.69) is 15.6 Å². The van der Waals surface area contributed by atoms with Crippen LogP contribution in [0.25, 0.3) is 10.9 Å². The molecule has 0 aliphatic rings. The third-order valence-corrected chi connectivity index (χ3v) is 4.37. The lowest BCUT2D eigenvalue weighted by Crippen LogP contribution is -2.31. The summed E-state index contributed by atoms with van der Waals surface area (Å²) in [6.45, 7) is 1.23. The molecule has 0 bridgehead atoms. The quantitative estimate of drug-likeness (QED) is 0.609. The van der Waals surface area contributed by atoms with Gasteiger partial charge in [0.1, 0.15) is 5.82 Å². The molecule has 0 unspecified atom stereocenters. The molecule has 140 valence electrons. The zero-order valence-corrected chi connectivity index (χ0v) is 15.9. The Bertz CT molecular complexity index is 964. The number of carbonyl (C=O) groups is 2. The van der Waals surface area contributed by atoms with Crippen molar-refractivity contribution in [2.24, 2.45) is 0 Å². The summed E-state index contributed by atoms with van der Waals surface area (Å²) >= 11 is 5.87. The van der Waals surface area contributed by atoms with Gasteiger partial charge in [0.25, 0.3) is 11.8 Å². The third-order valence-electron chi connectivity index (χ3n) is 4.12. The average molecular weight is 385 g/mol. The molecule has 2 aromatic carbocycles. The minimum atomic E-state index is -0.319. The predicted molar refractivity (Wildman–Crippen MR) is 109 cm³/mol. The zero-order chi connectivity index (χ0) is 19.4. The summed E-state index contributed by atoms with van der Waals surface area (Å²) < 4.78 is 0. The molecule has 0 spiro atoms. The molecule has 27 heavy (non-hydrogen) atoms. The molecular weight excluding hydrogens is 364 g/mol. The van der Waals surface area contributed by atoms with E-state index in [1.165, 1.54) is 0 Å². The summed E-state index contributed by atoms with van der Waals surface area (Å²) in [4.78, 5) is 30.4. The molecule has 1 aromatic heterocycles. The van der Waals surface area contributed by atoms with Crippen LogP contribution >= 0.6 is 11.6 Å². The van der Waals surface area contributed by atoms with Crippen molar-refractivity contribution >= 4 is 40.1 Å². The Labute approximate surface area is 162 Å². The van der Waals surface area contributed by atoms with Gasteiger partial charge in [-0.25, -0.2) is 0 Å². The molecule has 3 N–H and O–H groups in total. The minimum absolute atomic E-state index is 0.235. The second-order valence-corrected chi connectivity index (χ2v) is 6.88. The van der Waals surface area contributed by atoms with E-state index >= 15 is 0 Å². The molecule has 3 rings (SSSR count). The van der Waals surface area contributed by atoms with Gasteiger partial charge in [-0.05, 0) is 44.4 Å². The van der Waals surface area contributed by atoms with Crippen LogP contribution in [0.3, 0.4) is 0 Å². The fourth-order valence-corrected chi connectivity index (χ4v) is 2.87. The molecule has 7 heteroatoms. The summed E-state index contributed by atoms with van der Waals surface area (Å²) in [5, 5.41) is 7.02. The molecule has 3 aromatic rings. The standard InChI is InChI=1S/C20H21ClN4O2/c1-25(2)12-11-22-20(27)17-15-5-3-4-6-16(15)23-18(17)24-19(26)13-7-9-14(21)10-8-13/h3-10,23H,11-12H2,1-2H3,(H,22,27)(H,24,26). The molecule has 0 aliphatic heterocycles. The van der Waals surface area contributed by atoms with Crippen LogP contribution < -0.4 is 10.6 Å². The van der Waals surface area contributed by atoms with E-state index in [-0.39, 0.29) is 11.8 Å². The van der Waals surface area contributed by atoms with Crippen LogP contribution in [0, 0.1) is 0 Å². The van der Waals surface area contributed by atoms with Gasteiger partial charge in [0, 0.05) is 34.6 Å². The van der Waals surface area contributed by atoms with Gasteiger partial charge >= 0.3 is 0 Å². The van der Waals surface area contributed by atoms with Gasteiger partial charge in [-0.2, -0.15) is 0 Å². The van der Waals surface area contributed by atoms with Gasteiger partial charge in [0.2, 0.25) is 0 Å². The number of benzene rings is 2. The van der Waals surface area contributed by atoms with Gasteiger partial charge in [0.05, 0.1) is 5.56 Å². The van der Waals surface area contributed by atoms with Gasteiger partial charge in [0.15, 0.2) is 0 Å². The van der Waals surface area contributed by atoms with E-state index < -0.39 is 0 Å². The van der Waals surface area contributed by atoms with E-state index in [9.17, 15) is 9.59 Å². The first-order valence-corrected chi connectivity index (χ1v) is 8.94. The lowest BCUT2D eigenvalue weighted by atomic mass is 10.1. The lowest BCUT2D eigenvalue weighted by Gasteiger charge is -2.11. The summed E-state index contributed by atoms with van der Waals surface area (Å²) in [5.41, 5.74) is 1.66. The molecule has 0 atom stereocenters. The first-order valence-electron chi connectivity index (χ1n) is 8.56. The number of anilines is 1. The fraction of sp³-hybridized carbons (Fsp3) is 0.200. The molecular formula is C20H21ClN4O2. The first-order chi connectivity index (χ1) is 13.0. The molecule has 0 saturated heterocycles. The van der Waals surface area contributed by atoms with Crippen molar-refractivity contribution < 1.29 is 9.59 Å². The van der Waals surface area contributed by atoms with Crippen molar-refractivity contribution in [1.82, 2.24) is 15.2 Å². The predicted octanol–water partition coefficient (Wildman–Crippen LogP) is 3.37. The smallest absolute Gasteiger partial charge is 0.256 e. The van der Waals surface area contributed by atoms with E-state index in [1.807, 2.05) is 43.3 Å². The van der Waals surface area contributed by atoms with Crippen LogP contribution in [-0.2, 0) is 0 Å². The number of nitrogens with zero attached hydrogens (tertiary/aromatic N) is 1. The maximum Gasteiger partial charge on any atom is 0.256 e. The van der Waals surface area contributed by atoms with E-state index in [1.54, 1.807) is 24.3 Å². The number of para-hydroxylation sites is 1. The Morgan fingerprint density at radius 1 is 1.04 bits per heavy atom. The number of nitrogens with one attached hydrogen (secondary N) is 3. The monoisotopic (exact) mass is 384 g/mol. The Hall–Kier alpha value is -2.83. The average Bonchev–Trinajstić information content (AvgIpc) is 2.99. The van der Waals surface area contributed by atoms with Crippen molar-refractivity contribution in [1.29, 1.82) is 0 Å². The van der Waals surface area contributed by atoms with Gasteiger partial charge in [-0.15, -0.1) is 0 Å². The Balaban J connectivity index is 1.88. The Morgan fingerprint density at radius 3 is 2.44 bits per heavy atom. The van der Waals surface area contributed by atoms with E-state index in [0.717, 1.165) is 17.4 Å². The maximum absolute atomic E-state index is 12.8. The highest BCUT2D eigenvalue weighted by Gasteiger charge is 2.20. The zero-order valence-electron chi connectivity index (χ0n) is 15.2. The summed E-state index contributed by atoms with van der Waals surface area (Å²) in [5.74, 6) is -0.181. The molecule has 6 nitrogen and oxygen atoms in total. The molecule has 0 saturated carbocycles. The Morgan fingerprint density at radius 2 is 1.74 bits per heavy atom. The van der Waals surface area contributed by atoms with Crippen LogP contribution in [-0.4, -0.2) is 48.9 Å². The largest absolute Gasteiger partial charge is 0.351 e. The van der Waals surface area contributed by atoms with Crippen molar-refractivity contribution in [2.75, 3.05) is 32.5 Å². The summed E-state index contributed by atoms with van der Waals surface area (Å²) in [6.07, 6.45) is 0. The second-order valence-electron chi connectivity index (χ2n) is 6.44. The highest BCUT2D eigenvalue weighted by atomic mass is 35.5. The number of amides is 2. The Kier molecular flexibility index (Phi) is 5.78. The molecule has 1 heterocycles. The normalized spacial score (nSPS) is 11.0. The third kappa shape index (κ3) is 4.48. The number of carbonyl (C=O) groups excluding carboxylic acids is 2. The summed E-state index contributed by atoms with van der Waals surface area (Å²) in [7, 11) is 3.88. The minimum Gasteiger partial charge on any atom is -0.351 e. The van der Waals surface area contributed by atoms with Crippen molar-refractivity contribution in [3.63, 3.8) is 0 Å². The second kappa shape index (κ2) is 8.24. The summed E-state index contributed by atoms with van der Waals surface area (Å²) in [6, 6.07) is 14.0. The number of rotatable bonds is 6. The van der Waals surface area contributed by atoms with Gasteiger partial charge in [-0.1, -0.05) is 29.8 Å².